The summed E-state index contributed by atoms with van der Waals surface area (Å²) in [5, 5.41) is -0.123. The molecule has 76 valence electrons. The molecule has 0 aromatic carbocycles. The lowest BCUT2D eigenvalue weighted by molar-refractivity contribution is -0.117. The van der Waals surface area contributed by atoms with E-state index in [-0.39, 0.29) is 11.2 Å². The Labute approximate surface area is 85.8 Å². The van der Waals surface area contributed by atoms with E-state index in [1.807, 2.05) is 0 Å². The van der Waals surface area contributed by atoms with Gasteiger partial charge in [0.15, 0.2) is 0 Å². The summed E-state index contributed by atoms with van der Waals surface area (Å²) in [7, 11) is 0. The van der Waals surface area contributed by atoms with E-state index in [0.717, 1.165) is 12.3 Å². The third-order valence-corrected chi connectivity index (χ3v) is 3.55. The molecule has 0 saturated heterocycles. The second-order valence-corrected chi connectivity index (χ2v) is 4.73. The summed E-state index contributed by atoms with van der Waals surface area (Å²) in [6, 6.07) is 0. The Balaban J connectivity index is 2.42. The zero-order chi connectivity index (χ0) is 9.84. The fourth-order valence-electron chi connectivity index (χ4n) is 2.52. The monoisotopic (exact) mass is 202 g/mol. The van der Waals surface area contributed by atoms with E-state index in [4.69, 9.17) is 11.6 Å². The lowest BCUT2D eigenvalue weighted by atomic mass is 9.74. The molecular formula is C11H19ClO. The lowest BCUT2D eigenvalue weighted by Crippen LogP contribution is -2.26. The van der Waals surface area contributed by atoms with E-state index in [9.17, 15) is 4.79 Å². The molecule has 1 rings (SSSR count). The zero-order valence-corrected chi connectivity index (χ0v) is 9.31. The van der Waals surface area contributed by atoms with Crippen molar-refractivity contribution in [3.8, 4) is 0 Å². The predicted octanol–water partition coefficient (Wildman–Crippen LogP) is 3.60. The first-order valence-corrected chi connectivity index (χ1v) is 5.72. The molecule has 0 aromatic rings. The van der Waals surface area contributed by atoms with Gasteiger partial charge in [0.1, 0.15) is 0 Å². The smallest absolute Gasteiger partial charge is 0.224 e. The van der Waals surface area contributed by atoms with Gasteiger partial charge in [0.2, 0.25) is 5.24 Å². The van der Waals surface area contributed by atoms with E-state index in [1.54, 1.807) is 0 Å². The van der Waals surface area contributed by atoms with Gasteiger partial charge in [0.25, 0.3) is 0 Å². The minimum absolute atomic E-state index is 0.123. The molecule has 1 nitrogen and oxygen atoms in total. The standard InChI is InChI=1S/C11H19ClO/c1-3-4-9-5-6-10(11(12)13)8(2)7-9/h8-10H,3-7H2,1-2H3/t8-,9-,10-/m1/s1. The zero-order valence-electron chi connectivity index (χ0n) is 8.55. The molecule has 0 radical (unpaired) electrons. The third kappa shape index (κ3) is 2.98. The van der Waals surface area contributed by atoms with E-state index in [2.05, 4.69) is 13.8 Å². The van der Waals surface area contributed by atoms with Gasteiger partial charge in [-0.3, -0.25) is 4.79 Å². The van der Waals surface area contributed by atoms with Crippen LogP contribution in [-0.4, -0.2) is 5.24 Å². The Morgan fingerprint density at radius 1 is 1.46 bits per heavy atom. The molecule has 0 aliphatic heterocycles. The van der Waals surface area contributed by atoms with Crippen LogP contribution in [0.2, 0.25) is 0 Å². The van der Waals surface area contributed by atoms with E-state index >= 15 is 0 Å². The summed E-state index contributed by atoms with van der Waals surface area (Å²) < 4.78 is 0. The topological polar surface area (TPSA) is 17.1 Å². The summed E-state index contributed by atoms with van der Waals surface area (Å²) in [6.45, 7) is 4.39. The first-order chi connectivity index (χ1) is 6.15. The average molecular weight is 203 g/mol. The maximum Gasteiger partial charge on any atom is 0.224 e. The van der Waals surface area contributed by atoms with Gasteiger partial charge in [-0.05, 0) is 42.7 Å². The van der Waals surface area contributed by atoms with Crippen molar-refractivity contribution in [1.29, 1.82) is 0 Å². The number of halogens is 1. The van der Waals surface area contributed by atoms with Crippen molar-refractivity contribution in [2.45, 2.75) is 46.0 Å². The summed E-state index contributed by atoms with van der Waals surface area (Å²) in [4.78, 5) is 11.0. The summed E-state index contributed by atoms with van der Waals surface area (Å²) in [6.07, 6.45) is 5.97. The second kappa shape index (κ2) is 4.99. The summed E-state index contributed by atoms with van der Waals surface area (Å²) in [5.74, 6) is 1.47. The van der Waals surface area contributed by atoms with Crippen LogP contribution in [0.15, 0.2) is 0 Å². The largest absolute Gasteiger partial charge is 0.281 e. The van der Waals surface area contributed by atoms with Crippen molar-refractivity contribution in [1.82, 2.24) is 0 Å². The van der Waals surface area contributed by atoms with Gasteiger partial charge in [-0.25, -0.2) is 0 Å². The van der Waals surface area contributed by atoms with Crippen molar-refractivity contribution in [2.75, 3.05) is 0 Å². The number of hydrogen-bond acceptors (Lipinski definition) is 1. The van der Waals surface area contributed by atoms with Crippen LogP contribution in [0.4, 0.5) is 0 Å². The highest BCUT2D eigenvalue weighted by Gasteiger charge is 2.30. The third-order valence-electron chi connectivity index (χ3n) is 3.27. The van der Waals surface area contributed by atoms with Gasteiger partial charge in [-0.1, -0.05) is 26.7 Å². The first-order valence-electron chi connectivity index (χ1n) is 5.34. The fraction of sp³-hybridized carbons (Fsp3) is 0.909. The highest BCUT2D eigenvalue weighted by Crippen LogP contribution is 2.36. The van der Waals surface area contributed by atoms with Crippen LogP contribution >= 0.6 is 11.6 Å². The summed E-state index contributed by atoms with van der Waals surface area (Å²) >= 11 is 5.54. The Bertz CT molecular complexity index is 179. The Morgan fingerprint density at radius 2 is 2.15 bits per heavy atom. The van der Waals surface area contributed by atoms with Gasteiger partial charge in [0.05, 0.1) is 0 Å². The molecule has 0 N–H and O–H groups in total. The highest BCUT2D eigenvalue weighted by atomic mass is 35.5. The van der Waals surface area contributed by atoms with Crippen molar-refractivity contribution in [2.24, 2.45) is 17.8 Å². The molecule has 3 atom stereocenters. The van der Waals surface area contributed by atoms with Crippen molar-refractivity contribution < 1.29 is 4.79 Å². The molecule has 1 aliphatic carbocycles. The van der Waals surface area contributed by atoms with Gasteiger partial charge in [-0.15, -0.1) is 0 Å². The Hall–Kier alpha value is -0.0400. The van der Waals surface area contributed by atoms with Gasteiger partial charge in [0, 0.05) is 5.92 Å². The van der Waals surface area contributed by atoms with Crippen LogP contribution < -0.4 is 0 Å². The van der Waals surface area contributed by atoms with Crippen LogP contribution in [0.3, 0.4) is 0 Å². The van der Waals surface area contributed by atoms with Gasteiger partial charge in [-0.2, -0.15) is 0 Å². The molecule has 2 heteroatoms. The van der Waals surface area contributed by atoms with Crippen LogP contribution in [0, 0.1) is 17.8 Å². The maximum atomic E-state index is 11.0. The number of carbonyl (C=O) groups is 1. The van der Waals surface area contributed by atoms with Crippen LogP contribution in [0.25, 0.3) is 0 Å². The minimum Gasteiger partial charge on any atom is -0.281 e. The normalized spacial score (nSPS) is 34.5. The van der Waals surface area contributed by atoms with Crippen LogP contribution in [0.5, 0.6) is 0 Å². The quantitative estimate of drug-likeness (QED) is 0.640. The molecular weight excluding hydrogens is 184 g/mol. The van der Waals surface area contributed by atoms with E-state index in [1.165, 1.54) is 25.7 Å². The van der Waals surface area contributed by atoms with Crippen LogP contribution in [0.1, 0.15) is 46.0 Å². The SMILES string of the molecule is CCC[C@@H]1CC[C@@H](C(=O)Cl)[C@H](C)C1. The first kappa shape index (κ1) is 11.0. The molecule has 0 unspecified atom stereocenters. The molecule has 0 spiro atoms. The van der Waals surface area contributed by atoms with Gasteiger partial charge >= 0.3 is 0 Å². The average Bonchev–Trinajstić information content (AvgIpc) is 2.04. The minimum atomic E-state index is -0.123. The molecule has 0 bridgehead atoms. The fourth-order valence-corrected chi connectivity index (χ4v) is 2.84. The Morgan fingerprint density at radius 3 is 2.62 bits per heavy atom. The molecule has 13 heavy (non-hydrogen) atoms. The molecule has 1 saturated carbocycles. The van der Waals surface area contributed by atoms with Crippen molar-refractivity contribution in [3.63, 3.8) is 0 Å². The number of carbonyl (C=O) groups excluding carboxylic acids is 1. The number of hydrogen-bond donors (Lipinski definition) is 0. The summed E-state index contributed by atoms with van der Waals surface area (Å²) in [5.41, 5.74) is 0. The molecule has 0 heterocycles. The molecule has 0 aromatic heterocycles. The highest BCUT2D eigenvalue weighted by molar-refractivity contribution is 6.64. The maximum absolute atomic E-state index is 11.0. The lowest BCUT2D eigenvalue weighted by Gasteiger charge is -2.31. The van der Waals surface area contributed by atoms with E-state index < -0.39 is 0 Å². The van der Waals surface area contributed by atoms with Crippen LogP contribution in [-0.2, 0) is 4.79 Å². The van der Waals surface area contributed by atoms with Gasteiger partial charge < -0.3 is 0 Å². The Kier molecular flexibility index (Phi) is 4.24. The van der Waals surface area contributed by atoms with Crippen molar-refractivity contribution in [3.05, 3.63) is 0 Å². The van der Waals surface area contributed by atoms with E-state index in [0.29, 0.717) is 5.92 Å². The predicted molar refractivity (Wildman–Crippen MR) is 55.8 cm³/mol. The second-order valence-electron chi connectivity index (χ2n) is 4.36. The van der Waals surface area contributed by atoms with Crippen molar-refractivity contribution >= 4 is 16.8 Å². The molecule has 1 fully saturated rings. The molecule has 0 amide bonds. The molecule has 1 aliphatic rings. The number of rotatable bonds is 3.